The lowest BCUT2D eigenvalue weighted by Gasteiger charge is -2.15. The number of carbonyl (C=O) groups excluding carboxylic acids is 2. The molecule has 0 aliphatic carbocycles. The maximum Gasteiger partial charge on any atom is 0.261 e. The van der Waals surface area contributed by atoms with Gasteiger partial charge in [0.15, 0.2) is 0 Å². The molecule has 2 N–H and O–H groups in total. The predicted octanol–water partition coefficient (Wildman–Crippen LogP) is 3.18. The van der Waals surface area contributed by atoms with Crippen LogP contribution in [-0.4, -0.2) is 24.9 Å². The van der Waals surface area contributed by atoms with Crippen LogP contribution in [0.1, 0.15) is 40.9 Å². The number of carbonyl (C=O) groups is 2. The second-order valence-electron chi connectivity index (χ2n) is 5.25. The standard InChI is InChI=1S/C18H22N2O2S/c1-2-15(14-8-4-3-5-9-14)17(21)19-11-7-12-20-18(22)16-10-6-13-23-16/h3-6,8-10,13,15H,2,7,11-12H2,1H3,(H,19,21)(H,20,22)/t15-/m0/s1. The minimum atomic E-state index is -0.114. The Morgan fingerprint density at radius 3 is 2.43 bits per heavy atom. The van der Waals surface area contributed by atoms with Crippen molar-refractivity contribution < 1.29 is 9.59 Å². The molecule has 0 bridgehead atoms. The highest BCUT2D eigenvalue weighted by Gasteiger charge is 2.17. The lowest BCUT2D eigenvalue weighted by Crippen LogP contribution is -2.32. The molecule has 2 aromatic rings. The summed E-state index contributed by atoms with van der Waals surface area (Å²) in [5.74, 6) is -0.123. The molecular weight excluding hydrogens is 308 g/mol. The van der Waals surface area contributed by atoms with Crippen molar-refractivity contribution in [2.24, 2.45) is 0 Å². The summed E-state index contributed by atoms with van der Waals surface area (Å²) in [6, 6.07) is 13.5. The Labute approximate surface area is 140 Å². The maximum atomic E-state index is 12.3. The molecule has 0 unspecified atom stereocenters. The Balaban J connectivity index is 1.69. The fourth-order valence-corrected chi connectivity index (χ4v) is 3.02. The van der Waals surface area contributed by atoms with Gasteiger partial charge in [-0.15, -0.1) is 11.3 Å². The largest absolute Gasteiger partial charge is 0.356 e. The van der Waals surface area contributed by atoms with Crippen LogP contribution in [0.5, 0.6) is 0 Å². The summed E-state index contributed by atoms with van der Waals surface area (Å²) in [5.41, 5.74) is 1.04. The second kappa shape index (κ2) is 9.10. The number of thiophene rings is 1. The Hall–Kier alpha value is -2.14. The first-order valence-electron chi connectivity index (χ1n) is 7.86. The number of amides is 2. The number of hydrogen-bond acceptors (Lipinski definition) is 3. The van der Waals surface area contributed by atoms with Crippen LogP contribution in [0.4, 0.5) is 0 Å². The van der Waals surface area contributed by atoms with E-state index in [2.05, 4.69) is 10.6 Å². The molecule has 0 fully saturated rings. The maximum absolute atomic E-state index is 12.3. The van der Waals surface area contributed by atoms with E-state index < -0.39 is 0 Å². The second-order valence-corrected chi connectivity index (χ2v) is 6.20. The Morgan fingerprint density at radius 1 is 1.04 bits per heavy atom. The van der Waals surface area contributed by atoms with E-state index in [1.165, 1.54) is 11.3 Å². The van der Waals surface area contributed by atoms with Gasteiger partial charge in [0.1, 0.15) is 0 Å². The number of rotatable bonds is 8. The van der Waals surface area contributed by atoms with Gasteiger partial charge >= 0.3 is 0 Å². The molecule has 0 saturated carbocycles. The average Bonchev–Trinajstić information content (AvgIpc) is 3.10. The van der Waals surface area contributed by atoms with Gasteiger partial charge in [-0.3, -0.25) is 9.59 Å². The number of hydrogen-bond donors (Lipinski definition) is 2. The van der Waals surface area contributed by atoms with Crippen molar-refractivity contribution >= 4 is 23.2 Å². The molecule has 2 rings (SSSR count). The molecule has 5 heteroatoms. The normalized spacial score (nSPS) is 11.7. The molecular formula is C18H22N2O2S. The summed E-state index contributed by atoms with van der Waals surface area (Å²) >= 11 is 1.42. The monoisotopic (exact) mass is 330 g/mol. The minimum Gasteiger partial charge on any atom is -0.356 e. The highest BCUT2D eigenvalue weighted by molar-refractivity contribution is 7.12. The van der Waals surface area contributed by atoms with E-state index in [0.717, 1.165) is 12.0 Å². The first-order valence-corrected chi connectivity index (χ1v) is 8.74. The molecule has 122 valence electrons. The zero-order valence-corrected chi connectivity index (χ0v) is 14.1. The summed E-state index contributed by atoms with van der Waals surface area (Å²) in [4.78, 5) is 24.7. The van der Waals surface area contributed by atoms with Crippen molar-refractivity contribution in [1.82, 2.24) is 10.6 Å². The molecule has 1 aromatic carbocycles. The quantitative estimate of drug-likeness (QED) is 0.730. The fourth-order valence-electron chi connectivity index (χ4n) is 2.38. The van der Waals surface area contributed by atoms with Crippen molar-refractivity contribution in [3.05, 3.63) is 58.3 Å². The molecule has 1 heterocycles. The zero-order chi connectivity index (χ0) is 16.5. The van der Waals surface area contributed by atoms with E-state index in [9.17, 15) is 9.59 Å². The molecule has 0 radical (unpaired) electrons. The van der Waals surface area contributed by atoms with Gasteiger partial charge in [-0.1, -0.05) is 43.3 Å². The molecule has 1 atom stereocenters. The highest BCUT2D eigenvalue weighted by Crippen LogP contribution is 2.19. The van der Waals surface area contributed by atoms with Crippen molar-refractivity contribution in [2.75, 3.05) is 13.1 Å². The Kier molecular flexibility index (Phi) is 6.81. The highest BCUT2D eigenvalue weighted by atomic mass is 32.1. The summed E-state index contributed by atoms with van der Waals surface area (Å²) < 4.78 is 0. The van der Waals surface area contributed by atoms with Crippen molar-refractivity contribution in [3.8, 4) is 0 Å². The van der Waals surface area contributed by atoms with Gasteiger partial charge in [-0.2, -0.15) is 0 Å². The number of nitrogens with one attached hydrogen (secondary N) is 2. The van der Waals surface area contributed by atoms with E-state index in [-0.39, 0.29) is 17.7 Å². The van der Waals surface area contributed by atoms with Crippen molar-refractivity contribution in [3.63, 3.8) is 0 Å². The van der Waals surface area contributed by atoms with Crippen molar-refractivity contribution in [1.29, 1.82) is 0 Å². The first kappa shape index (κ1) is 17.2. The van der Waals surface area contributed by atoms with Crippen LogP contribution in [0.15, 0.2) is 47.8 Å². The molecule has 0 aliphatic rings. The Morgan fingerprint density at radius 2 is 1.78 bits per heavy atom. The molecule has 4 nitrogen and oxygen atoms in total. The van der Waals surface area contributed by atoms with Crippen LogP contribution >= 0.6 is 11.3 Å². The smallest absolute Gasteiger partial charge is 0.261 e. The van der Waals surface area contributed by atoms with Gasteiger partial charge in [0.25, 0.3) is 5.91 Å². The van der Waals surface area contributed by atoms with Crippen molar-refractivity contribution in [2.45, 2.75) is 25.7 Å². The Bertz CT molecular complexity index is 611. The van der Waals surface area contributed by atoms with Gasteiger partial charge in [-0.25, -0.2) is 0 Å². The van der Waals surface area contributed by atoms with E-state index >= 15 is 0 Å². The third-order valence-corrected chi connectivity index (χ3v) is 4.48. The van der Waals surface area contributed by atoms with E-state index in [1.807, 2.05) is 48.7 Å². The van der Waals surface area contributed by atoms with Crippen LogP contribution in [0.3, 0.4) is 0 Å². The van der Waals surface area contributed by atoms with Crippen LogP contribution in [0, 0.1) is 0 Å². The first-order chi connectivity index (χ1) is 11.2. The van der Waals surface area contributed by atoms with Gasteiger partial charge in [0.05, 0.1) is 10.8 Å². The topological polar surface area (TPSA) is 58.2 Å². The summed E-state index contributed by atoms with van der Waals surface area (Å²) in [6.45, 7) is 3.13. The number of benzene rings is 1. The predicted molar refractivity (Wildman–Crippen MR) is 93.8 cm³/mol. The van der Waals surface area contributed by atoms with E-state index in [4.69, 9.17) is 0 Å². The van der Waals surface area contributed by atoms with E-state index in [1.54, 1.807) is 6.07 Å². The summed E-state index contributed by atoms with van der Waals surface area (Å²) in [6.07, 6.45) is 1.49. The average molecular weight is 330 g/mol. The zero-order valence-electron chi connectivity index (χ0n) is 13.2. The van der Waals surface area contributed by atoms with Crippen LogP contribution in [0.25, 0.3) is 0 Å². The lowest BCUT2D eigenvalue weighted by atomic mass is 9.96. The van der Waals surface area contributed by atoms with Gasteiger partial charge in [0, 0.05) is 13.1 Å². The molecule has 0 saturated heterocycles. The molecule has 1 aromatic heterocycles. The molecule has 2 amide bonds. The van der Waals surface area contributed by atoms with Crippen LogP contribution in [0.2, 0.25) is 0 Å². The van der Waals surface area contributed by atoms with Crippen LogP contribution < -0.4 is 10.6 Å². The van der Waals surface area contributed by atoms with Crippen LogP contribution in [-0.2, 0) is 4.79 Å². The van der Waals surface area contributed by atoms with Gasteiger partial charge in [0.2, 0.25) is 5.91 Å². The van der Waals surface area contributed by atoms with Gasteiger partial charge in [-0.05, 0) is 29.9 Å². The third-order valence-electron chi connectivity index (χ3n) is 3.61. The summed E-state index contributed by atoms with van der Waals surface area (Å²) in [5, 5.41) is 7.69. The van der Waals surface area contributed by atoms with Gasteiger partial charge < -0.3 is 10.6 Å². The third kappa shape index (κ3) is 5.21. The lowest BCUT2D eigenvalue weighted by molar-refractivity contribution is -0.122. The van der Waals surface area contributed by atoms with E-state index in [0.29, 0.717) is 24.4 Å². The molecule has 23 heavy (non-hydrogen) atoms. The molecule has 0 aliphatic heterocycles. The SMILES string of the molecule is CC[C@H](C(=O)NCCCNC(=O)c1cccs1)c1ccccc1. The summed E-state index contributed by atoms with van der Waals surface area (Å²) in [7, 11) is 0. The minimum absolute atomic E-state index is 0.0447. The fraction of sp³-hybridized carbons (Fsp3) is 0.333. The molecule has 0 spiro atoms.